The van der Waals surface area contributed by atoms with Crippen LogP contribution in [0, 0.1) is 5.92 Å². The topological polar surface area (TPSA) is 12.0 Å². The van der Waals surface area contributed by atoms with Gasteiger partial charge in [-0.2, -0.15) is 0 Å². The molecule has 0 unspecified atom stereocenters. The van der Waals surface area contributed by atoms with Crippen molar-refractivity contribution in [2.75, 3.05) is 6.54 Å². The lowest BCUT2D eigenvalue weighted by Gasteiger charge is -2.33. The van der Waals surface area contributed by atoms with Crippen LogP contribution in [0.2, 0.25) is 0 Å². The van der Waals surface area contributed by atoms with Gasteiger partial charge in [-0.3, -0.25) is 0 Å². The van der Waals surface area contributed by atoms with E-state index in [1.54, 1.807) is 0 Å². The minimum atomic E-state index is 0.806. The molecule has 0 aromatic rings. The summed E-state index contributed by atoms with van der Waals surface area (Å²) < 4.78 is 0. The van der Waals surface area contributed by atoms with E-state index in [1.807, 2.05) is 0 Å². The van der Waals surface area contributed by atoms with Crippen LogP contribution in [-0.2, 0) is 0 Å². The number of allylic oxidation sites excluding steroid dienone is 1. The van der Waals surface area contributed by atoms with Crippen molar-refractivity contribution in [3.05, 3.63) is 11.6 Å². The van der Waals surface area contributed by atoms with Crippen molar-refractivity contribution >= 4 is 0 Å². The molecule has 0 spiro atoms. The molecule has 0 amide bonds. The molecule has 0 aromatic carbocycles. The van der Waals surface area contributed by atoms with Gasteiger partial charge >= 0.3 is 0 Å². The fourth-order valence-corrected chi connectivity index (χ4v) is 1.50. The van der Waals surface area contributed by atoms with Crippen molar-refractivity contribution in [3.8, 4) is 0 Å². The Balaban J connectivity index is 2.01. The molecule has 11 heavy (non-hydrogen) atoms. The average molecular weight is 153 g/mol. The van der Waals surface area contributed by atoms with E-state index >= 15 is 0 Å². The van der Waals surface area contributed by atoms with Crippen LogP contribution in [0.15, 0.2) is 11.6 Å². The Bertz CT molecular complexity index is 139. The summed E-state index contributed by atoms with van der Waals surface area (Å²) in [5.74, 6) is 0.958. The Hall–Kier alpha value is -0.300. The first-order chi connectivity index (χ1) is 5.18. The van der Waals surface area contributed by atoms with Crippen LogP contribution < -0.4 is 5.32 Å². The SMILES string of the molecule is CC(C)=CCNC1CC(C)C1. The Morgan fingerprint density at radius 1 is 1.45 bits per heavy atom. The molecule has 0 atom stereocenters. The molecule has 1 saturated carbocycles. The van der Waals surface area contributed by atoms with E-state index in [9.17, 15) is 0 Å². The smallest absolute Gasteiger partial charge is 0.0139 e. The summed E-state index contributed by atoms with van der Waals surface area (Å²) >= 11 is 0. The summed E-state index contributed by atoms with van der Waals surface area (Å²) in [5, 5.41) is 3.50. The molecule has 1 aliphatic carbocycles. The zero-order chi connectivity index (χ0) is 8.27. The van der Waals surface area contributed by atoms with Crippen LogP contribution in [0.5, 0.6) is 0 Å². The van der Waals surface area contributed by atoms with Gasteiger partial charge < -0.3 is 5.32 Å². The fraction of sp³-hybridized carbons (Fsp3) is 0.800. The standard InChI is InChI=1S/C10H19N/c1-8(2)4-5-11-10-6-9(3)7-10/h4,9-11H,5-7H2,1-3H3. The third kappa shape index (κ3) is 3.06. The van der Waals surface area contributed by atoms with Gasteiger partial charge in [-0.1, -0.05) is 18.6 Å². The first kappa shape index (κ1) is 8.79. The van der Waals surface area contributed by atoms with E-state index in [0.29, 0.717) is 0 Å². The van der Waals surface area contributed by atoms with Gasteiger partial charge in [0.2, 0.25) is 0 Å². The second-order valence-corrected chi connectivity index (χ2v) is 3.96. The number of rotatable bonds is 3. The summed E-state index contributed by atoms with van der Waals surface area (Å²) in [7, 11) is 0. The zero-order valence-corrected chi connectivity index (χ0v) is 7.85. The molecule has 0 aliphatic heterocycles. The molecule has 1 N–H and O–H groups in total. The van der Waals surface area contributed by atoms with Gasteiger partial charge in [0.15, 0.2) is 0 Å². The van der Waals surface area contributed by atoms with Crippen molar-refractivity contribution in [2.45, 2.75) is 39.7 Å². The van der Waals surface area contributed by atoms with Crippen molar-refractivity contribution in [2.24, 2.45) is 5.92 Å². The van der Waals surface area contributed by atoms with Crippen LogP contribution >= 0.6 is 0 Å². The maximum absolute atomic E-state index is 3.50. The van der Waals surface area contributed by atoms with Crippen molar-refractivity contribution < 1.29 is 0 Å². The number of hydrogen-bond donors (Lipinski definition) is 1. The number of nitrogens with one attached hydrogen (secondary N) is 1. The summed E-state index contributed by atoms with van der Waals surface area (Å²) in [6, 6.07) is 0.806. The Morgan fingerprint density at radius 2 is 2.09 bits per heavy atom. The normalized spacial score (nSPS) is 29.4. The van der Waals surface area contributed by atoms with E-state index in [4.69, 9.17) is 0 Å². The number of hydrogen-bond acceptors (Lipinski definition) is 1. The lowest BCUT2D eigenvalue weighted by Crippen LogP contribution is -2.40. The van der Waals surface area contributed by atoms with Crippen molar-refractivity contribution in [1.29, 1.82) is 0 Å². The monoisotopic (exact) mass is 153 g/mol. The summed E-state index contributed by atoms with van der Waals surface area (Å²) in [6.45, 7) is 7.66. The van der Waals surface area contributed by atoms with Gasteiger partial charge in [0.1, 0.15) is 0 Å². The molecule has 1 fully saturated rings. The third-order valence-electron chi connectivity index (χ3n) is 2.29. The first-order valence-electron chi connectivity index (χ1n) is 4.55. The predicted molar refractivity (Wildman–Crippen MR) is 49.6 cm³/mol. The van der Waals surface area contributed by atoms with Gasteiger partial charge in [-0.25, -0.2) is 0 Å². The first-order valence-corrected chi connectivity index (χ1v) is 4.55. The fourth-order valence-electron chi connectivity index (χ4n) is 1.50. The molecule has 64 valence electrons. The van der Waals surface area contributed by atoms with Gasteiger partial charge in [-0.05, 0) is 32.6 Å². The maximum Gasteiger partial charge on any atom is 0.0139 e. The molecular weight excluding hydrogens is 134 g/mol. The zero-order valence-electron chi connectivity index (χ0n) is 7.85. The van der Waals surface area contributed by atoms with E-state index in [-0.39, 0.29) is 0 Å². The van der Waals surface area contributed by atoms with Gasteiger partial charge in [-0.15, -0.1) is 0 Å². The highest BCUT2D eigenvalue weighted by molar-refractivity contribution is 4.95. The van der Waals surface area contributed by atoms with Crippen molar-refractivity contribution in [1.82, 2.24) is 5.32 Å². The minimum absolute atomic E-state index is 0.806. The van der Waals surface area contributed by atoms with E-state index < -0.39 is 0 Å². The summed E-state index contributed by atoms with van der Waals surface area (Å²) in [6.07, 6.45) is 5.00. The highest BCUT2D eigenvalue weighted by Crippen LogP contribution is 2.25. The second-order valence-electron chi connectivity index (χ2n) is 3.96. The van der Waals surface area contributed by atoms with Crippen LogP contribution in [-0.4, -0.2) is 12.6 Å². The van der Waals surface area contributed by atoms with Crippen LogP contribution in [0.3, 0.4) is 0 Å². The highest BCUT2D eigenvalue weighted by Gasteiger charge is 2.23. The highest BCUT2D eigenvalue weighted by atomic mass is 14.9. The molecule has 0 radical (unpaired) electrons. The van der Waals surface area contributed by atoms with Gasteiger partial charge in [0.05, 0.1) is 0 Å². The van der Waals surface area contributed by atoms with Crippen LogP contribution in [0.1, 0.15) is 33.6 Å². The molecular formula is C10H19N. The van der Waals surface area contributed by atoms with E-state index in [0.717, 1.165) is 18.5 Å². The average Bonchev–Trinajstić information content (AvgIpc) is 1.83. The van der Waals surface area contributed by atoms with Crippen LogP contribution in [0.25, 0.3) is 0 Å². The Morgan fingerprint density at radius 3 is 2.55 bits per heavy atom. The lowest BCUT2D eigenvalue weighted by atomic mass is 9.82. The second kappa shape index (κ2) is 3.91. The molecule has 0 saturated heterocycles. The summed E-state index contributed by atoms with van der Waals surface area (Å²) in [5.41, 5.74) is 1.41. The molecule has 1 rings (SSSR count). The molecule has 1 heteroatoms. The largest absolute Gasteiger partial charge is 0.311 e. The van der Waals surface area contributed by atoms with Crippen LogP contribution in [0.4, 0.5) is 0 Å². The Kier molecular flexibility index (Phi) is 3.13. The molecule has 0 heterocycles. The van der Waals surface area contributed by atoms with Crippen molar-refractivity contribution in [3.63, 3.8) is 0 Å². The van der Waals surface area contributed by atoms with Gasteiger partial charge in [0, 0.05) is 12.6 Å². The molecule has 1 aliphatic rings. The molecule has 0 aromatic heterocycles. The third-order valence-corrected chi connectivity index (χ3v) is 2.29. The van der Waals surface area contributed by atoms with Gasteiger partial charge in [0.25, 0.3) is 0 Å². The summed E-state index contributed by atoms with van der Waals surface area (Å²) in [4.78, 5) is 0. The maximum atomic E-state index is 3.50. The quantitative estimate of drug-likeness (QED) is 0.614. The molecule has 0 bridgehead atoms. The van der Waals surface area contributed by atoms with E-state index in [1.165, 1.54) is 18.4 Å². The molecule has 1 nitrogen and oxygen atoms in total. The minimum Gasteiger partial charge on any atom is -0.311 e. The predicted octanol–water partition coefficient (Wildman–Crippen LogP) is 2.34. The Labute approximate surface area is 69.9 Å². The van der Waals surface area contributed by atoms with E-state index in [2.05, 4.69) is 32.2 Å². The lowest BCUT2D eigenvalue weighted by molar-refractivity contribution is 0.248.